The highest BCUT2D eigenvalue weighted by molar-refractivity contribution is 5.29. The molecule has 0 radical (unpaired) electrons. The standard InChI is InChI=1S/C14H18FN3O/c1-8-7-9(5-6-10(8)15)11(16)12-17-13(19-18-12)14(2,3)4/h5-7,11H,16H2,1-4H3. The van der Waals surface area contributed by atoms with E-state index in [0.717, 1.165) is 5.56 Å². The number of hydrogen-bond donors (Lipinski definition) is 1. The summed E-state index contributed by atoms with van der Waals surface area (Å²) in [6.45, 7) is 7.65. The van der Waals surface area contributed by atoms with Crippen LogP contribution in [-0.4, -0.2) is 10.1 Å². The van der Waals surface area contributed by atoms with E-state index in [9.17, 15) is 4.39 Å². The fourth-order valence-electron chi connectivity index (χ4n) is 1.68. The quantitative estimate of drug-likeness (QED) is 0.904. The van der Waals surface area contributed by atoms with Gasteiger partial charge >= 0.3 is 0 Å². The third-order valence-electron chi connectivity index (χ3n) is 2.90. The van der Waals surface area contributed by atoms with Crippen molar-refractivity contribution in [1.29, 1.82) is 0 Å². The largest absolute Gasteiger partial charge is 0.339 e. The Hall–Kier alpha value is -1.75. The lowest BCUT2D eigenvalue weighted by atomic mass is 9.97. The van der Waals surface area contributed by atoms with Gasteiger partial charge in [-0.1, -0.05) is 38.1 Å². The van der Waals surface area contributed by atoms with Crippen LogP contribution in [-0.2, 0) is 5.41 Å². The highest BCUT2D eigenvalue weighted by Gasteiger charge is 2.24. The molecular weight excluding hydrogens is 245 g/mol. The van der Waals surface area contributed by atoms with Gasteiger partial charge in [-0.05, 0) is 24.1 Å². The molecule has 1 heterocycles. The summed E-state index contributed by atoms with van der Waals surface area (Å²) in [7, 11) is 0. The van der Waals surface area contributed by atoms with Crippen LogP contribution in [0.2, 0.25) is 0 Å². The van der Waals surface area contributed by atoms with E-state index in [0.29, 0.717) is 17.3 Å². The van der Waals surface area contributed by atoms with Gasteiger partial charge in [-0.25, -0.2) is 4.39 Å². The number of aryl methyl sites for hydroxylation is 1. The van der Waals surface area contributed by atoms with Crippen LogP contribution in [0.3, 0.4) is 0 Å². The van der Waals surface area contributed by atoms with Crippen molar-refractivity contribution in [3.63, 3.8) is 0 Å². The topological polar surface area (TPSA) is 64.9 Å². The molecule has 0 spiro atoms. The van der Waals surface area contributed by atoms with Gasteiger partial charge in [-0.2, -0.15) is 4.98 Å². The highest BCUT2D eigenvalue weighted by atomic mass is 19.1. The third kappa shape index (κ3) is 2.81. The summed E-state index contributed by atoms with van der Waals surface area (Å²) >= 11 is 0. The first-order valence-electron chi connectivity index (χ1n) is 6.15. The number of aromatic nitrogens is 2. The van der Waals surface area contributed by atoms with Gasteiger partial charge in [0.2, 0.25) is 5.89 Å². The van der Waals surface area contributed by atoms with Crippen molar-refractivity contribution in [1.82, 2.24) is 10.1 Å². The molecule has 1 aromatic carbocycles. The van der Waals surface area contributed by atoms with Gasteiger partial charge in [-0.3, -0.25) is 0 Å². The molecule has 1 aromatic heterocycles. The summed E-state index contributed by atoms with van der Waals surface area (Å²) in [4.78, 5) is 4.31. The fourth-order valence-corrected chi connectivity index (χ4v) is 1.68. The molecule has 4 nitrogen and oxygen atoms in total. The van der Waals surface area contributed by atoms with Crippen molar-refractivity contribution in [2.24, 2.45) is 5.73 Å². The normalized spacial score (nSPS) is 13.6. The SMILES string of the molecule is Cc1cc(C(N)c2noc(C(C)(C)C)n2)ccc1F. The zero-order valence-electron chi connectivity index (χ0n) is 11.6. The highest BCUT2D eigenvalue weighted by Crippen LogP contribution is 2.24. The van der Waals surface area contributed by atoms with E-state index < -0.39 is 6.04 Å². The average molecular weight is 263 g/mol. The Morgan fingerprint density at radius 2 is 2.00 bits per heavy atom. The number of benzene rings is 1. The van der Waals surface area contributed by atoms with Crippen molar-refractivity contribution in [2.45, 2.75) is 39.2 Å². The second kappa shape index (κ2) is 4.74. The number of hydrogen-bond acceptors (Lipinski definition) is 4. The second-order valence-electron chi connectivity index (χ2n) is 5.69. The van der Waals surface area contributed by atoms with Crippen LogP contribution in [0.4, 0.5) is 4.39 Å². The molecular formula is C14H18FN3O. The molecule has 1 atom stereocenters. The van der Waals surface area contributed by atoms with Crippen molar-refractivity contribution in [3.05, 3.63) is 46.9 Å². The van der Waals surface area contributed by atoms with Crippen molar-refractivity contribution >= 4 is 0 Å². The summed E-state index contributed by atoms with van der Waals surface area (Å²) in [6, 6.07) is 4.22. The molecule has 2 rings (SSSR count). The van der Waals surface area contributed by atoms with Crippen molar-refractivity contribution in [2.75, 3.05) is 0 Å². The molecule has 5 heteroatoms. The van der Waals surface area contributed by atoms with E-state index in [-0.39, 0.29) is 11.2 Å². The number of rotatable bonds is 2. The van der Waals surface area contributed by atoms with Crippen LogP contribution in [0, 0.1) is 12.7 Å². The Labute approximate surface area is 111 Å². The van der Waals surface area contributed by atoms with Gasteiger partial charge in [0.25, 0.3) is 0 Å². The zero-order chi connectivity index (χ0) is 14.2. The molecule has 2 aromatic rings. The van der Waals surface area contributed by atoms with Crippen molar-refractivity contribution in [3.8, 4) is 0 Å². The fraction of sp³-hybridized carbons (Fsp3) is 0.429. The van der Waals surface area contributed by atoms with Crippen molar-refractivity contribution < 1.29 is 8.91 Å². The number of nitrogens with zero attached hydrogens (tertiary/aromatic N) is 2. The molecule has 2 N–H and O–H groups in total. The van der Waals surface area contributed by atoms with E-state index in [1.807, 2.05) is 20.8 Å². The minimum atomic E-state index is -0.515. The molecule has 0 aliphatic heterocycles. The lowest BCUT2D eigenvalue weighted by molar-refractivity contribution is 0.317. The van der Waals surface area contributed by atoms with Crippen LogP contribution in [0.5, 0.6) is 0 Å². The molecule has 0 fully saturated rings. The number of nitrogens with two attached hydrogens (primary N) is 1. The molecule has 0 aliphatic carbocycles. The van der Waals surface area contributed by atoms with Crippen LogP contribution in [0.1, 0.15) is 49.7 Å². The lowest BCUT2D eigenvalue weighted by Gasteiger charge is -2.11. The van der Waals surface area contributed by atoms with Gasteiger partial charge in [0.1, 0.15) is 5.82 Å². The van der Waals surface area contributed by atoms with Gasteiger partial charge in [-0.15, -0.1) is 0 Å². The zero-order valence-corrected chi connectivity index (χ0v) is 11.6. The predicted molar refractivity (Wildman–Crippen MR) is 70.2 cm³/mol. The van der Waals surface area contributed by atoms with Gasteiger partial charge in [0.05, 0.1) is 6.04 Å². The maximum Gasteiger partial charge on any atom is 0.232 e. The minimum Gasteiger partial charge on any atom is -0.339 e. The van der Waals surface area contributed by atoms with E-state index in [1.165, 1.54) is 6.07 Å². The van der Waals surface area contributed by atoms with Crippen LogP contribution >= 0.6 is 0 Å². The minimum absolute atomic E-state index is 0.219. The summed E-state index contributed by atoms with van der Waals surface area (Å²) in [5.41, 5.74) is 7.18. The summed E-state index contributed by atoms with van der Waals surface area (Å²) in [6.07, 6.45) is 0. The van der Waals surface area contributed by atoms with Gasteiger partial charge < -0.3 is 10.3 Å². The van der Waals surface area contributed by atoms with E-state index in [1.54, 1.807) is 19.1 Å². The van der Waals surface area contributed by atoms with Crippen LogP contribution < -0.4 is 5.73 Å². The van der Waals surface area contributed by atoms with Gasteiger partial charge in [0, 0.05) is 5.41 Å². The lowest BCUT2D eigenvalue weighted by Crippen LogP contribution is -2.16. The summed E-state index contributed by atoms with van der Waals surface area (Å²) < 4.78 is 18.4. The third-order valence-corrected chi connectivity index (χ3v) is 2.90. The Morgan fingerprint density at radius 3 is 2.53 bits per heavy atom. The molecule has 0 amide bonds. The maximum atomic E-state index is 13.2. The monoisotopic (exact) mass is 263 g/mol. The summed E-state index contributed by atoms with van der Waals surface area (Å²) in [5, 5.41) is 3.91. The smallest absolute Gasteiger partial charge is 0.232 e. The Morgan fingerprint density at radius 1 is 1.32 bits per heavy atom. The van der Waals surface area contributed by atoms with E-state index in [4.69, 9.17) is 10.3 Å². The van der Waals surface area contributed by atoms with Gasteiger partial charge in [0.15, 0.2) is 5.82 Å². The first kappa shape index (κ1) is 13.7. The first-order chi connectivity index (χ1) is 8.79. The molecule has 19 heavy (non-hydrogen) atoms. The molecule has 0 aliphatic rings. The average Bonchev–Trinajstić information content (AvgIpc) is 2.81. The number of halogens is 1. The Bertz CT molecular complexity index is 587. The van der Waals surface area contributed by atoms with Crippen LogP contribution in [0.15, 0.2) is 22.7 Å². The Balaban J connectivity index is 2.31. The first-order valence-corrected chi connectivity index (χ1v) is 6.15. The maximum absolute atomic E-state index is 13.2. The van der Waals surface area contributed by atoms with Crippen LogP contribution in [0.25, 0.3) is 0 Å². The Kier molecular flexibility index (Phi) is 3.41. The predicted octanol–water partition coefficient (Wildman–Crippen LogP) is 2.86. The molecule has 0 saturated carbocycles. The molecule has 1 unspecified atom stereocenters. The second-order valence-corrected chi connectivity index (χ2v) is 5.69. The summed E-state index contributed by atoms with van der Waals surface area (Å²) in [5.74, 6) is 0.701. The van der Waals surface area contributed by atoms with E-state index >= 15 is 0 Å². The molecule has 0 bridgehead atoms. The molecule has 102 valence electrons. The van der Waals surface area contributed by atoms with E-state index in [2.05, 4.69) is 10.1 Å². The molecule has 0 saturated heterocycles.